The number of H-pyrrole nitrogens is 1. The molecular formula is C15H12N2O4. The van der Waals surface area contributed by atoms with Crippen molar-refractivity contribution in [3.63, 3.8) is 0 Å². The maximum Gasteiger partial charge on any atom is 0.417 e. The van der Waals surface area contributed by atoms with Crippen LogP contribution in [0.1, 0.15) is 17.2 Å². The summed E-state index contributed by atoms with van der Waals surface area (Å²) in [5.74, 6) is 0.939. The molecule has 1 atom stereocenters. The number of hydrogen-bond acceptors (Lipinski definition) is 5. The standard InChI is InChI=1S/C15H12N2O4/c16-14(9-2-4-11-13(6-9)20-7-19-11)8-1-3-10-12(5-8)21-15(18)17-10/h1-6,14H,7,16H2,(H,17,18). The lowest BCUT2D eigenvalue weighted by molar-refractivity contribution is 0.174. The molecule has 2 heterocycles. The molecule has 0 saturated carbocycles. The van der Waals surface area contributed by atoms with E-state index < -0.39 is 5.76 Å². The van der Waals surface area contributed by atoms with Crippen LogP contribution in [0.3, 0.4) is 0 Å². The Morgan fingerprint density at radius 2 is 1.81 bits per heavy atom. The summed E-state index contributed by atoms with van der Waals surface area (Å²) in [4.78, 5) is 13.8. The van der Waals surface area contributed by atoms with E-state index >= 15 is 0 Å². The number of ether oxygens (including phenoxy) is 2. The van der Waals surface area contributed by atoms with Crippen LogP contribution in [0.15, 0.2) is 45.6 Å². The predicted molar refractivity (Wildman–Crippen MR) is 75.4 cm³/mol. The summed E-state index contributed by atoms with van der Waals surface area (Å²) in [5, 5.41) is 0. The van der Waals surface area contributed by atoms with Crippen molar-refractivity contribution in [3.8, 4) is 11.5 Å². The third kappa shape index (κ3) is 1.96. The van der Waals surface area contributed by atoms with Gasteiger partial charge in [0.05, 0.1) is 11.6 Å². The summed E-state index contributed by atoms with van der Waals surface area (Å²) in [7, 11) is 0. The average molecular weight is 284 g/mol. The van der Waals surface area contributed by atoms with Crippen LogP contribution < -0.4 is 21.0 Å². The van der Waals surface area contributed by atoms with Crippen molar-refractivity contribution >= 4 is 11.1 Å². The van der Waals surface area contributed by atoms with Gasteiger partial charge in [-0.05, 0) is 35.4 Å². The Bertz CT molecular complexity index is 881. The van der Waals surface area contributed by atoms with Crippen molar-refractivity contribution in [3.05, 3.63) is 58.1 Å². The van der Waals surface area contributed by atoms with Crippen LogP contribution in [0, 0.1) is 0 Å². The Kier molecular flexibility index (Phi) is 2.52. The molecule has 1 unspecified atom stereocenters. The number of fused-ring (bicyclic) bond motifs is 2. The van der Waals surface area contributed by atoms with Crippen molar-refractivity contribution in [1.29, 1.82) is 0 Å². The van der Waals surface area contributed by atoms with Crippen LogP contribution in [-0.2, 0) is 0 Å². The molecular weight excluding hydrogens is 272 g/mol. The Morgan fingerprint density at radius 3 is 2.71 bits per heavy atom. The Morgan fingerprint density at radius 1 is 1.05 bits per heavy atom. The lowest BCUT2D eigenvalue weighted by Crippen LogP contribution is -2.11. The van der Waals surface area contributed by atoms with E-state index in [0.29, 0.717) is 16.8 Å². The van der Waals surface area contributed by atoms with E-state index in [-0.39, 0.29) is 12.8 Å². The number of aromatic amines is 1. The first kappa shape index (κ1) is 12.0. The number of nitrogens with two attached hydrogens (primary N) is 1. The van der Waals surface area contributed by atoms with Crippen LogP contribution >= 0.6 is 0 Å². The summed E-state index contributed by atoms with van der Waals surface area (Å²) in [6.07, 6.45) is 0. The minimum atomic E-state index is -0.473. The molecule has 3 aromatic rings. The normalized spacial score (nSPS) is 14.5. The SMILES string of the molecule is NC(c1ccc2c(c1)OCO2)c1ccc2[nH]c(=O)oc2c1. The van der Waals surface area contributed by atoms with Gasteiger partial charge in [-0.3, -0.25) is 4.98 Å². The molecule has 0 spiro atoms. The zero-order valence-corrected chi connectivity index (χ0v) is 11.0. The smallest absolute Gasteiger partial charge is 0.417 e. The average Bonchev–Trinajstić information content (AvgIpc) is 3.09. The molecule has 1 aliphatic heterocycles. The second-order valence-electron chi connectivity index (χ2n) is 4.86. The van der Waals surface area contributed by atoms with Crippen LogP contribution in [0.5, 0.6) is 11.5 Å². The van der Waals surface area contributed by atoms with Gasteiger partial charge in [0, 0.05) is 0 Å². The van der Waals surface area contributed by atoms with E-state index in [1.54, 1.807) is 12.1 Å². The summed E-state index contributed by atoms with van der Waals surface area (Å²) in [5.41, 5.74) is 9.18. The van der Waals surface area contributed by atoms with Gasteiger partial charge in [-0.25, -0.2) is 4.79 Å². The first-order chi connectivity index (χ1) is 10.2. The van der Waals surface area contributed by atoms with Gasteiger partial charge in [-0.15, -0.1) is 0 Å². The molecule has 6 nitrogen and oxygen atoms in total. The van der Waals surface area contributed by atoms with Crippen molar-refractivity contribution < 1.29 is 13.9 Å². The summed E-state index contributed by atoms with van der Waals surface area (Å²) in [6, 6.07) is 10.7. The second-order valence-corrected chi connectivity index (χ2v) is 4.86. The molecule has 6 heteroatoms. The van der Waals surface area contributed by atoms with Crippen LogP contribution in [-0.4, -0.2) is 11.8 Å². The third-order valence-corrected chi connectivity index (χ3v) is 3.56. The topological polar surface area (TPSA) is 90.5 Å². The lowest BCUT2D eigenvalue weighted by Gasteiger charge is -2.13. The monoisotopic (exact) mass is 284 g/mol. The van der Waals surface area contributed by atoms with Gasteiger partial charge in [0.1, 0.15) is 0 Å². The third-order valence-electron chi connectivity index (χ3n) is 3.56. The molecule has 0 fully saturated rings. The molecule has 0 bridgehead atoms. The quantitative estimate of drug-likeness (QED) is 0.750. The molecule has 106 valence electrons. The number of hydrogen-bond donors (Lipinski definition) is 2. The Hall–Kier alpha value is -2.73. The van der Waals surface area contributed by atoms with Gasteiger partial charge in [0.25, 0.3) is 0 Å². The Labute approximate surface area is 119 Å². The highest BCUT2D eigenvalue weighted by Gasteiger charge is 2.17. The van der Waals surface area contributed by atoms with E-state index in [1.807, 2.05) is 24.3 Å². The molecule has 0 radical (unpaired) electrons. The number of benzene rings is 2. The second kappa shape index (κ2) is 4.39. The van der Waals surface area contributed by atoms with E-state index in [4.69, 9.17) is 19.6 Å². The van der Waals surface area contributed by atoms with Crippen LogP contribution in [0.4, 0.5) is 0 Å². The highest BCUT2D eigenvalue weighted by molar-refractivity contribution is 5.73. The van der Waals surface area contributed by atoms with E-state index in [0.717, 1.165) is 16.9 Å². The molecule has 0 aliphatic carbocycles. The minimum absolute atomic E-state index is 0.231. The first-order valence-corrected chi connectivity index (χ1v) is 6.48. The largest absolute Gasteiger partial charge is 0.454 e. The number of nitrogens with one attached hydrogen (secondary N) is 1. The maximum atomic E-state index is 11.2. The van der Waals surface area contributed by atoms with E-state index in [2.05, 4.69) is 4.98 Å². The molecule has 21 heavy (non-hydrogen) atoms. The van der Waals surface area contributed by atoms with Gasteiger partial charge in [0.2, 0.25) is 6.79 Å². The molecule has 0 saturated heterocycles. The minimum Gasteiger partial charge on any atom is -0.454 e. The van der Waals surface area contributed by atoms with E-state index in [9.17, 15) is 4.79 Å². The molecule has 1 aromatic heterocycles. The van der Waals surface area contributed by atoms with Gasteiger partial charge in [0.15, 0.2) is 17.1 Å². The summed E-state index contributed by atoms with van der Waals surface area (Å²) >= 11 is 0. The van der Waals surface area contributed by atoms with E-state index in [1.165, 1.54) is 0 Å². The van der Waals surface area contributed by atoms with Crippen molar-refractivity contribution in [1.82, 2.24) is 4.98 Å². The zero-order valence-electron chi connectivity index (χ0n) is 11.0. The van der Waals surface area contributed by atoms with Crippen molar-refractivity contribution in [2.24, 2.45) is 5.73 Å². The molecule has 2 aromatic carbocycles. The number of aromatic nitrogens is 1. The van der Waals surface area contributed by atoms with Gasteiger partial charge >= 0.3 is 5.76 Å². The number of rotatable bonds is 2. The van der Waals surface area contributed by atoms with Crippen LogP contribution in [0.2, 0.25) is 0 Å². The van der Waals surface area contributed by atoms with Gasteiger partial charge in [-0.2, -0.15) is 0 Å². The summed E-state index contributed by atoms with van der Waals surface area (Å²) < 4.78 is 15.7. The fourth-order valence-corrected chi connectivity index (χ4v) is 2.45. The number of oxazole rings is 1. The zero-order chi connectivity index (χ0) is 14.4. The molecule has 4 rings (SSSR count). The molecule has 1 aliphatic rings. The fourth-order valence-electron chi connectivity index (χ4n) is 2.45. The van der Waals surface area contributed by atoms with Crippen molar-refractivity contribution in [2.75, 3.05) is 6.79 Å². The van der Waals surface area contributed by atoms with Crippen molar-refractivity contribution in [2.45, 2.75) is 6.04 Å². The Balaban J connectivity index is 1.75. The summed E-state index contributed by atoms with van der Waals surface area (Å²) in [6.45, 7) is 0.231. The van der Waals surface area contributed by atoms with Gasteiger partial charge < -0.3 is 19.6 Å². The maximum absolute atomic E-state index is 11.2. The lowest BCUT2D eigenvalue weighted by atomic mass is 9.99. The molecule has 0 amide bonds. The highest BCUT2D eigenvalue weighted by Crippen LogP contribution is 2.35. The molecule has 3 N–H and O–H groups in total. The first-order valence-electron chi connectivity index (χ1n) is 6.48. The highest BCUT2D eigenvalue weighted by atomic mass is 16.7. The van der Waals surface area contributed by atoms with Crippen LogP contribution in [0.25, 0.3) is 11.1 Å². The fraction of sp³-hybridized carbons (Fsp3) is 0.133. The predicted octanol–water partition coefficient (Wildman–Crippen LogP) is 1.90. The van der Waals surface area contributed by atoms with Gasteiger partial charge in [-0.1, -0.05) is 12.1 Å².